The summed E-state index contributed by atoms with van der Waals surface area (Å²) in [4.78, 5) is 0. The third-order valence-electron chi connectivity index (χ3n) is 2.52. The van der Waals surface area contributed by atoms with Crippen molar-refractivity contribution < 1.29 is 14.6 Å². The van der Waals surface area contributed by atoms with Gasteiger partial charge in [-0.1, -0.05) is 22.9 Å². The number of methoxy groups -OCH3 is 1. The predicted molar refractivity (Wildman–Crippen MR) is 79.9 cm³/mol. The van der Waals surface area contributed by atoms with Crippen molar-refractivity contribution in [2.24, 2.45) is 0 Å². The number of hydrogen-bond donors (Lipinski definition) is 2. The summed E-state index contributed by atoms with van der Waals surface area (Å²) >= 11 is 3.46. The van der Waals surface area contributed by atoms with Crippen LogP contribution in [0.4, 0.5) is 0 Å². The number of hydrogen-bond acceptors (Lipinski definition) is 4. The van der Waals surface area contributed by atoms with Crippen LogP contribution in [0.25, 0.3) is 0 Å². The first-order valence-corrected chi connectivity index (χ1v) is 7.25. The van der Waals surface area contributed by atoms with E-state index in [9.17, 15) is 5.11 Å². The van der Waals surface area contributed by atoms with Crippen molar-refractivity contribution >= 4 is 15.9 Å². The molecule has 0 spiro atoms. The molecule has 2 N–H and O–H groups in total. The van der Waals surface area contributed by atoms with Gasteiger partial charge < -0.3 is 19.9 Å². The van der Waals surface area contributed by atoms with E-state index in [0.717, 1.165) is 28.0 Å². The van der Waals surface area contributed by atoms with E-state index in [4.69, 9.17) is 9.47 Å². The highest BCUT2D eigenvalue weighted by molar-refractivity contribution is 9.10. The molecule has 0 unspecified atom stereocenters. The van der Waals surface area contributed by atoms with Gasteiger partial charge in [0.15, 0.2) is 11.5 Å². The Morgan fingerprint density at radius 2 is 2.16 bits per heavy atom. The van der Waals surface area contributed by atoms with Crippen LogP contribution >= 0.6 is 15.9 Å². The highest BCUT2D eigenvalue weighted by Gasteiger charge is 2.12. The van der Waals surface area contributed by atoms with Crippen LogP contribution in [0.2, 0.25) is 0 Å². The molecule has 5 heteroatoms. The lowest BCUT2D eigenvalue weighted by Crippen LogP contribution is -2.24. The summed E-state index contributed by atoms with van der Waals surface area (Å²) in [7, 11) is 1.63. The monoisotopic (exact) mass is 331 g/mol. The predicted octanol–water partition coefficient (Wildman–Crippen LogP) is 2.72. The minimum Gasteiger partial charge on any atom is -0.493 e. The second kappa shape index (κ2) is 8.40. The van der Waals surface area contributed by atoms with Gasteiger partial charge in [-0.05, 0) is 25.5 Å². The fourth-order valence-corrected chi connectivity index (χ4v) is 2.17. The Hall–Kier alpha value is -0.780. The molecule has 19 heavy (non-hydrogen) atoms. The van der Waals surface area contributed by atoms with Gasteiger partial charge in [0, 0.05) is 23.1 Å². The molecule has 1 atom stereocenters. The lowest BCUT2D eigenvalue weighted by molar-refractivity contribution is 0.190. The molecule has 0 fully saturated rings. The van der Waals surface area contributed by atoms with Crippen LogP contribution in [0.3, 0.4) is 0 Å². The zero-order valence-corrected chi connectivity index (χ0v) is 13.3. The van der Waals surface area contributed by atoms with E-state index in [0.29, 0.717) is 19.7 Å². The molecule has 1 aromatic carbocycles. The number of ether oxygens (including phenoxy) is 2. The van der Waals surface area contributed by atoms with Gasteiger partial charge in [0.1, 0.15) is 0 Å². The minimum atomic E-state index is -0.367. The van der Waals surface area contributed by atoms with Crippen molar-refractivity contribution in [3.8, 4) is 11.5 Å². The van der Waals surface area contributed by atoms with Crippen molar-refractivity contribution in [3.63, 3.8) is 0 Å². The molecule has 0 aromatic heterocycles. The highest BCUT2D eigenvalue weighted by atomic mass is 79.9. The molecule has 4 nitrogen and oxygen atoms in total. The lowest BCUT2D eigenvalue weighted by Gasteiger charge is -2.16. The molecule has 0 amide bonds. The van der Waals surface area contributed by atoms with Crippen LogP contribution in [0.1, 0.15) is 25.8 Å². The number of aliphatic hydroxyl groups excluding tert-OH is 1. The SMILES string of the molecule is CCCOc1c(CNC[C@H](C)O)cc(Br)cc1OC. The maximum Gasteiger partial charge on any atom is 0.165 e. The molecule has 108 valence electrons. The van der Waals surface area contributed by atoms with E-state index in [1.165, 1.54) is 0 Å². The van der Waals surface area contributed by atoms with Gasteiger partial charge in [-0.3, -0.25) is 0 Å². The van der Waals surface area contributed by atoms with Crippen molar-refractivity contribution in [3.05, 3.63) is 22.2 Å². The topological polar surface area (TPSA) is 50.7 Å². The lowest BCUT2D eigenvalue weighted by atomic mass is 10.1. The van der Waals surface area contributed by atoms with Crippen molar-refractivity contribution in [1.82, 2.24) is 5.32 Å². The van der Waals surface area contributed by atoms with Gasteiger partial charge >= 0.3 is 0 Å². The Morgan fingerprint density at radius 3 is 2.74 bits per heavy atom. The molecule has 0 aliphatic rings. The van der Waals surface area contributed by atoms with Gasteiger partial charge in [-0.15, -0.1) is 0 Å². The summed E-state index contributed by atoms with van der Waals surface area (Å²) < 4.78 is 12.1. The van der Waals surface area contributed by atoms with Crippen LogP contribution in [0.5, 0.6) is 11.5 Å². The standard InChI is InChI=1S/C14H22BrNO3/c1-4-5-19-14-11(9-16-8-10(2)17)6-12(15)7-13(14)18-3/h6-7,10,16-17H,4-5,8-9H2,1-3H3/t10-/m0/s1. The zero-order chi connectivity index (χ0) is 14.3. The zero-order valence-electron chi connectivity index (χ0n) is 11.7. The number of nitrogens with one attached hydrogen (secondary N) is 1. The van der Waals surface area contributed by atoms with E-state index < -0.39 is 0 Å². The average molecular weight is 332 g/mol. The summed E-state index contributed by atoms with van der Waals surface area (Å²) in [5, 5.41) is 12.5. The van der Waals surface area contributed by atoms with Gasteiger partial charge in [0.05, 0.1) is 19.8 Å². The van der Waals surface area contributed by atoms with E-state index in [-0.39, 0.29) is 6.10 Å². The fourth-order valence-electron chi connectivity index (χ4n) is 1.69. The summed E-state index contributed by atoms with van der Waals surface area (Å²) in [6.45, 7) is 5.64. The molecular formula is C14H22BrNO3. The highest BCUT2D eigenvalue weighted by Crippen LogP contribution is 2.35. The number of halogens is 1. The molecule has 0 saturated heterocycles. The Labute approximate surface area is 123 Å². The number of rotatable bonds is 8. The summed E-state index contributed by atoms with van der Waals surface area (Å²) in [6.07, 6.45) is 0.578. The molecule has 0 saturated carbocycles. The number of aliphatic hydroxyl groups is 1. The van der Waals surface area contributed by atoms with Crippen molar-refractivity contribution in [2.75, 3.05) is 20.3 Å². The molecule has 0 radical (unpaired) electrons. The minimum absolute atomic E-state index is 0.367. The second-order valence-electron chi connectivity index (χ2n) is 4.42. The third-order valence-corrected chi connectivity index (χ3v) is 2.98. The Bertz CT molecular complexity index is 397. The van der Waals surface area contributed by atoms with Crippen LogP contribution < -0.4 is 14.8 Å². The molecule has 1 aromatic rings. The normalized spacial score (nSPS) is 12.3. The van der Waals surface area contributed by atoms with Crippen LogP contribution in [-0.2, 0) is 6.54 Å². The summed E-state index contributed by atoms with van der Waals surface area (Å²) in [5.74, 6) is 1.49. The maximum absolute atomic E-state index is 9.27. The average Bonchev–Trinajstić information content (AvgIpc) is 2.36. The van der Waals surface area contributed by atoms with E-state index >= 15 is 0 Å². The van der Waals surface area contributed by atoms with E-state index in [1.807, 2.05) is 12.1 Å². The molecule has 0 bridgehead atoms. The first-order valence-electron chi connectivity index (χ1n) is 6.46. The van der Waals surface area contributed by atoms with Crippen LogP contribution in [0.15, 0.2) is 16.6 Å². The first kappa shape index (κ1) is 16.3. The largest absolute Gasteiger partial charge is 0.493 e. The summed E-state index contributed by atoms with van der Waals surface area (Å²) in [5.41, 5.74) is 1.01. The van der Waals surface area contributed by atoms with Gasteiger partial charge in [-0.25, -0.2) is 0 Å². The Kier molecular flexibility index (Phi) is 7.20. The van der Waals surface area contributed by atoms with Gasteiger partial charge in [-0.2, -0.15) is 0 Å². The van der Waals surface area contributed by atoms with Gasteiger partial charge in [0.2, 0.25) is 0 Å². The van der Waals surface area contributed by atoms with Crippen molar-refractivity contribution in [2.45, 2.75) is 32.9 Å². The first-order chi connectivity index (χ1) is 9.08. The molecular weight excluding hydrogens is 310 g/mol. The van der Waals surface area contributed by atoms with E-state index in [1.54, 1.807) is 14.0 Å². The van der Waals surface area contributed by atoms with Crippen molar-refractivity contribution in [1.29, 1.82) is 0 Å². The summed E-state index contributed by atoms with van der Waals surface area (Å²) in [6, 6.07) is 3.89. The Morgan fingerprint density at radius 1 is 1.42 bits per heavy atom. The van der Waals surface area contributed by atoms with Crippen LogP contribution in [-0.4, -0.2) is 31.5 Å². The molecule has 0 aliphatic carbocycles. The maximum atomic E-state index is 9.27. The van der Waals surface area contributed by atoms with Gasteiger partial charge in [0.25, 0.3) is 0 Å². The molecule has 0 aliphatic heterocycles. The molecule has 0 heterocycles. The van der Waals surface area contributed by atoms with E-state index in [2.05, 4.69) is 28.2 Å². The Balaban J connectivity index is 2.88. The second-order valence-corrected chi connectivity index (χ2v) is 5.34. The fraction of sp³-hybridized carbons (Fsp3) is 0.571. The number of benzene rings is 1. The molecule has 1 rings (SSSR count). The quantitative estimate of drug-likeness (QED) is 0.769. The third kappa shape index (κ3) is 5.38. The smallest absolute Gasteiger partial charge is 0.165 e. The van der Waals surface area contributed by atoms with Crippen LogP contribution in [0, 0.1) is 0 Å².